The molecule has 0 bridgehead atoms. The second kappa shape index (κ2) is 6.01. The van der Waals surface area contributed by atoms with Gasteiger partial charge in [0.05, 0.1) is 5.69 Å². The fourth-order valence-electron chi connectivity index (χ4n) is 1.34. The van der Waals surface area contributed by atoms with Crippen molar-refractivity contribution in [2.75, 3.05) is 0 Å². The predicted molar refractivity (Wildman–Crippen MR) is 72.0 cm³/mol. The van der Waals surface area contributed by atoms with Gasteiger partial charge in [-0.15, -0.1) is 0 Å². The molecule has 0 spiro atoms. The van der Waals surface area contributed by atoms with E-state index >= 15 is 0 Å². The summed E-state index contributed by atoms with van der Waals surface area (Å²) in [6, 6.07) is 8.20. The third-order valence-electron chi connectivity index (χ3n) is 2.28. The Morgan fingerprint density at radius 1 is 1.25 bits per heavy atom. The van der Waals surface area contributed by atoms with Crippen LogP contribution in [0.25, 0.3) is 0 Å². The van der Waals surface area contributed by atoms with Crippen LogP contribution in [0.1, 0.15) is 32.3 Å². The molecule has 0 N–H and O–H groups in total. The largest absolute Gasteiger partial charge is 0.245 e. The van der Waals surface area contributed by atoms with E-state index in [1.54, 1.807) is 0 Å². The lowest BCUT2D eigenvalue weighted by Gasteiger charge is -2.04. The molecule has 0 aromatic heterocycles. The molecule has 0 amide bonds. The van der Waals surface area contributed by atoms with Crippen LogP contribution in [0.5, 0.6) is 0 Å². The molecule has 0 saturated carbocycles. The topological polar surface area (TPSA) is 24.7 Å². The Labute approximate surface area is 97.5 Å². The van der Waals surface area contributed by atoms with Gasteiger partial charge >= 0.3 is 0 Å². The van der Waals surface area contributed by atoms with Gasteiger partial charge in [-0.1, -0.05) is 32.1 Å². The van der Waals surface area contributed by atoms with E-state index in [9.17, 15) is 0 Å². The van der Waals surface area contributed by atoms with E-state index in [0.717, 1.165) is 5.69 Å². The SMILES string of the molecule is C=NC(/C=C\C)=Nc1ccc(C(C)C)cc1. The van der Waals surface area contributed by atoms with Crippen molar-refractivity contribution in [3.63, 3.8) is 0 Å². The van der Waals surface area contributed by atoms with Crippen LogP contribution in [-0.2, 0) is 0 Å². The Morgan fingerprint density at radius 2 is 1.88 bits per heavy atom. The molecular formula is C14H18N2. The molecule has 0 fully saturated rings. The number of hydrogen-bond donors (Lipinski definition) is 0. The second-order valence-electron chi connectivity index (χ2n) is 3.87. The first-order chi connectivity index (χ1) is 7.67. The van der Waals surface area contributed by atoms with Crippen molar-refractivity contribution in [1.29, 1.82) is 0 Å². The van der Waals surface area contributed by atoms with Crippen LogP contribution in [0.4, 0.5) is 5.69 Å². The minimum atomic E-state index is 0.547. The van der Waals surface area contributed by atoms with E-state index < -0.39 is 0 Å². The maximum Gasteiger partial charge on any atom is 0.151 e. The van der Waals surface area contributed by atoms with Crippen LogP contribution < -0.4 is 0 Å². The first kappa shape index (κ1) is 12.4. The summed E-state index contributed by atoms with van der Waals surface area (Å²) in [5.74, 6) is 1.19. The summed E-state index contributed by atoms with van der Waals surface area (Å²) in [7, 11) is 0. The van der Waals surface area contributed by atoms with E-state index in [0.29, 0.717) is 11.8 Å². The maximum absolute atomic E-state index is 4.37. The molecule has 0 unspecified atom stereocenters. The van der Waals surface area contributed by atoms with E-state index in [4.69, 9.17) is 0 Å². The molecule has 0 aliphatic rings. The third kappa shape index (κ3) is 3.46. The van der Waals surface area contributed by atoms with Gasteiger partial charge in [0, 0.05) is 0 Å². The smallest absolute Gasteiger partial charge is 0.151 e. The Kier molecular flexibility index (Phi) is 4.65. The predicted octanol–water partition coefficient (Wildman–Crippen LogP) is 4.12. The number of benzene rings is 1. The van der Waals surface area contributed by atoms with Crippen LogP contribution in [0.15, 0.2) is 46.4 Å². The normalized spacial score (nSPS) is 12.4. The lowest BCUT2D eigenvalue weighted by atomic mass is 10.0. The highest BCUT2D eigenvalue weighted by molar-refractivity contribution is 5.97. The first-order valence-corrected chi connectivity index (χ1v) is 5.45. The fourth-order valence-corrected chi connectivity index (χ4v) is 1.34. The zero-order chi connectivity index (χ0) is 12.0. The Morgan fingerprint density at radius 3 is 2.31 bits per heavy atom. The van der Waals surface area contributed by atoms with Crippen molar-refractivity contribution >= 4 is 18.2 Å². The van der Waals surface area contributed by atoms with Crippen molar-refractivity contribution in [2.24, 2.45) is 9.98 Å². The molecule has 2 nitrogen and oxygen atoms in total. The van der Waals surface area contributed by atoms with Crippen LogP contribution >= 0.6 is 0 Å². The molecule has 0 saturated heterocycles. The van der Waals surface area contributed by atoms with Gasteiger partial charge in [0.15, 0.2) is 5.84 Å². The van der Waals surface area contributed by atoms with Crippen LogP contribution in [0.2, 0.25) is 0 Å². The molecule has 2 heteroatoms. The number of aliphatic imine (C=N–C) groups is 2. The Bertz CT molecular complexity index is 397. The van der Waals surface area contributed by atoms with Crippen molar-refractivity contribution in [2.45, 2.75) is 26.7 Å². The molecule has 0 heterocycles. The molecule has 0 radical (unpaired) electrons. The number of allylic oxidation sites excluding steroid dienone is 1. The molecule has 16 heavy (non-hydrogen) atoms. The van der Waals surface area contributed by atoms with Crippen molar-refractivity contribution in [3.8, 4) is 0 Å². The molecule has 84 valence electrons. The van der Waals surface area contributed by atoms with Gasteiger partial charge in [-0.25, -0.2) is 9.98 Å². The summed E-state index contributed by atoms with van der Waals surface area (Å²) >= 11 is 0. The number of nitrogens with zero attached hydrogens (tertiary/aromatic N) is 2. The fraction of sp³-hybridized carbons (Fsp3) is 0.286. The van der Waals surface area contributed by atoms with Gasteiger partial charge in [-0.05, 0) is 43.3 Å². The number of hydrogen-bond acceptors (Lipinski definition) is 1. The molecule has 1 aromatic carbocycles. The standard InChI is InChI=1S/C14H18N2/c1-5-6-14(15-4)16-13-9-7-12(8-10-13)11(2)3/h5-11H,4H2,1-3H3/b6-5-,16-14?. The van der Waals surface area contributed by atoms with Gasteiger partial charge < -0.3 is 0 Å². The molecule has 0 aliphatic carbocycles. The van der Waals surface area contributed by atoms with E-state index in [1.807, 2.05) is 31.2 Å². The number of amidine groups is 1. The van der Waals surface area contributed by atoms with Gasteiger partial charge in [-0.2, -0.15) is 0 Å². The van der Waals surface area contributed by atoms with Crippen LogP contribution in [0.3, 0.4) is 0 Å². The highest BCUT2D eigenvalue weighted by Gasteiger charge is 1.98. The van der Waals surface area contributed by atoms with Gasteiger partial charge in [-0.3, -0.25) is 0 Å². The van der Waals surface area contributed by atoms with Gasteiger partial charge in [0.1, 0.15) is 0 Å². The average Bonchev–Trinajstić information content (AvgIpc) is 2.29. The average molecular weight is 214 g/mol. The quantitative estimate of drug-likeness (QED) is 0.534. The lowest BCUT2D eigenvalue weighted by Crippen LogP contribution is -1.87. The zero-order valence-corrected chi connectivity index (χ0v) is 10.1. The monoisotopic (exact) mass is 214 g/mol. The van der Waals surface area contributed by atoms with Crippen molar-refractivity contribution in [3.05, 3.63) is 42.0 Å². The van der Waals surface area contributed by atoms with Crippen LogP contribution in [0, 0.1) is 0 Å². The molecular weight excluding hydrogens is 196 g/mol. The number of rotatable bonds is 3. The van der Waals surface area contributed by atoms with Gasteiger partial charge in [0.2, 0.25) is 0 Å². The molecule has 0 aliphatic heterocycles. The Balaban J connectivity index is 2.93. The maximum atomic E-state index is 4.37. The summed E-state index contributed by atoms with van der Waals surface area (Å²) in [6.45, 7) is 9.77. The minimum Gasteiger partial charge on any atom is -0.245 e. The minimum absolute atomic E-state index is 0.547. The summed E-state index contributed by atoms with van der Waals surface area (Å²) < 4.78 is 0. The van der Waals surface area contributed by atoms with Crippen LogP contribution in [-0.4, -0.2) is 12.6 Å². The third-order valence-corrected chi connectivity index (χ3v) is 2.28. The summed E-state index contributed by atoms with van der Waals surface area (Å²) in [5.41, 5.74) is 2.22. The van der Waals surface area contributed by atoms with E-state index in [1.165, 1.54) is 5.56 Å². The highest BCUT2D eigenvalue weighted by Crippen LogP contribution is 2.19. The van der Waals surface area contributed by atoms with Crippen molar-refractivity contribution < 1.29 is 0 Å². The lowest BCUT2D eigenvalue weighted by molar-refractivity contribution is 0.867. The summed E-state index contributed by atoms with van der Waals surface area (Å²) in [4.78, 5) is 8.21. The summed E-state index contributed by atoms with van der Waals surface area (Å²) in [5, 5.41) is 0. The second-order valence-corrected chi connectivity index (χ2v) is 3.87. The zero-order valence-electron chi connectivity index (χ0n) is 10.1. The highest BCUT2D eigenvalue weighted by atomic mass is 14.9. The summed E-state index contributed by atoms with van der Waals surface area (Å²) in [6.07, 6.45) is 3.74. The molecule has 1 aromatic rings. The van der Waals surface area contributed by atoms with Crippen molar-refractivity contribution in [1.82, 2.24) is 0 Å². The van der Waals surface area contributed by atoms with E-state index in [2.05, 4.69) is 42.7 Å². The first-order valence-electron chi connectivity index (χ1n) is 5.45. The van der Waals surface area contributed by atoms with Gasteiger partial charge in [0.25, 0.3) is 0 Å². The molecule has 1 rings (SSSR count). The molecule has 0 atom stereocenters. The van der Waals surface area contributed by atoms with E-state index in [-0.39, 0.29) is 0 Å². The Hall–Kier alpha value is -1.70.